The smallest absolute Gasteiger partial charge is 0.241 e. The van der Waals surface area contributed by atoms with Gasteiger partial charge in [-0.25, -0.2) is 0 Å². The maximum absolute atomic E-state index is 11.9. The second kappa shape index (κ2) is 7.05. The third kappa shape index (κ3) is 5.01. The molecule has 0 aliphatic heterocycles. The predicted octanol–water partition coefficient (Wildman–Crippen LogP) is 2.27. The summed E-state index contributed by atoms with van der Waals surface area (Å²) in [6.45, 7) is 7.38. The van der Waals surface area contributed by atoms with Crippen molar-refractivity contribution in [2.45, 2.75) is 40.2 Å². The Balaban J connectivity index is 2.77. The summed E-state index contributed by atoms with van der Waals surface area (Å²) in [6, 6.07) is 4.84. The highest BCUT2D eigenvalue weighted by molar-refractivity contribution is 5.96. The first-order valence-electron chi connectivity index (χ1n) is 6.74. The standard InChI is InChI=1S/C15H23N3O2/c1-9(2)7-13(16)15(20)18-12-6-5-10(3)14(8-12)17-11(4)19/h5-6,8-9,13H,7,16H2,1-4H3,(H,17,19)(H,18,20)/t13-/m1/s1. The summed E-state index contributed by atoms with van der Waals surface area (Å²) in [5.41, 5.74) is 8.08. The topological polar surface area (TPSA) is 84.2 Å². The van der Waals surface area contributed by atoms with Crippen molar-refractivity contribution in [2.75, 3.05) is 10.6 Å². The van der Waals surface area contributed by atoms with Crippen LogP contribution in [0.5, 0.6) is 0 Å². The highest BCUT2D eigenvalue weighted by Crippen LogP contribution is 2.20. The van der Waals surface area contributed by atoms with Crippen molar-refractivity contribution >= 4 is 23.2 Å². The summed E-state index contributed by atoms with van der Waals surface area (Å²) < 4.78 is 0. The summed E-state index contributed by atoms with van der Waals surface area (Å²) in [7, 11) is 0. The van der Waals surface area contributed by atoms with Crippen LogP contribution in [0.2, 0.25) is 0 Å². The molecule has 4 N–H and O–H groups in total. The van der Waals surface area contributed by atoms with Crippen LogP contribution in [0.3, 0.4) is 0 Å². The number of benzene rings is 1. The minimum Gasteiger partial charge on any atom is -0.326 e. The zero-order chi connectivity index (χ0) is 15.3. The fourth-order valence-corrected chi connectivity index (χ4v) is 1.87. The Morgan fingerprint density at radius 3 is 2.45 bits per heavy atom. The number of anilines is 2. The lowest BCUT2D eigenvalue weighted by atomic mass is 10.0. The van der Waals surface area contributed by atoms with Crippen molar-refractivity contribution in [2.24, 2.45) is 11.7 Å². The van der Waals surface area contributed by atoms with E-state index in [4.69, 9.17) is 5.73 Å². The number of hydrogen-bond donors (Lipinski definition) is 3. The van der Waals surface area contributed by atoms with E-state index >= 15 is 0 Å². The van der Waals surface area contributed by atoms with Crippen LogP contribution in [0.4, 0.5) is 11.4 Å². The van der Waals surface area contributed by atoms with Crippen LogP contribution >= 0.6 is 0 Å². The zero-order valence-electron chi connectivity index (χ0n) is 12.5. The summed E-state index contributed by atoms with van der Waals surface area (Å²) in [6.07, 6.45) is 0.635. The van der Waals surface area contributed by atoms with Crippen LogP contribution in [0.15, 0.2) is 18.2 Å². The number of amides is 2. The van der Waals surface area contributed by atoms with E-state index in [1.807, 2.05) is 26.8 Å². The molecular weight excluding hydrogens is 254 g/mol. The second-order valence-electron chi connectivity index (χ2n) is 5.44. The SMILES string of the molecule is CC(=O)Nc1cc(NC(=O)[C@H](N)CC(C)C)ccc1C. The molecule has 2 amide bonds. The van der Waals surface area contributed by atoms with Crippen molar-refractivity contribution in [3.63, 3.8) is 0 Å². The van der Waals surface area contributed by atoms with E-state index in [1.165, 1.54) is 6.92 Å². The minimum atomic E-state index is -0.527. The molecule has 20 heavy (non-hydrogen) atoms. The molecule has 0 fully saturated rings. The number of carbonyl (C=O) groups is 2. The Bertz CT molecular complexity index is 498. The third-order valence-corrected chi connectivity index (χ3v) is 2.88. The quantitative estimate of drug-likeness (QED) is 0.772. The summed E-state index contributed by atoms with van der Waals surface area (Å²) in [5.74, 6) is 0.00752. The monoisotopic (exact) mass is 277 g/mol. The minimum absolute atomic E-state index is 0.145. The van der Waals surface area contributed by atoms with Gasteiger partial charge in [0, 0.05) is 18.3 Å². The first-order chi connectivity index (χ1) is 9.29. The Hall–Kier alpha value is -1.88. The van der Waals surface area contributed by atoms with Crippen LogP contribution < -0.4 is 16.4 Å². The highest BCUT2D eigenvalue weighted by atomic mass is 16.2. The molecule has 0 saturated carbocycles. The highest BCUT2D eigenvalue weighted by Gasteiger charge is 2.15. The van der Waals surface area contributed by atoms with Crippen LogP contribution in [0, 0.1) is 12.8 Å². The molecule has 1 aromatic carbocycles. The van der Waals surface area contributed by atoms with Gasteiger partial charge in [0.15, 0.2) is 0 Å². The summed E-state index contributed by atoms with van der Waals surface area (Å²) in [4.78, 5) is 23.1. The third-order valence-electron chi connectivity index (χ3n) is 2.88. The molecule has 1 aromatic rings. The molecule has 0 aliphatic rings. The molecule has 0 aromatic heterocycles. The van der Waals surface area contributed by atoms with Crippen molar-refractivity contribution < 1.29 is 9.59 Å². The fourth-order valence-electron chi connectivity index (χ4n) is 1.87. The molecule has 5 heteroatoms. The summed E-state index contributed by atoms with van der Waals surface area (Å²) in [5, 5.41) is 5.50. The molecule has 110 valence electrons. The van der Waals surface area contributed by atoms with Crippen LogP contribution in [-0.2, 0) is 9.59 Å². The lowest BCUT2D eigenvalue weighted by Crippen LogP contribution is -2.36. The number of nitrogens with one attached hydrogen (secondary N) is 2. The van der Waals surface area contributed by atoms with E-state index in [9.17, 15) is 9.59 Å². The van der Waals surface area contributed by atoms with E-state index in [2.05, 4.69) is 10.6 Å². The fraction of sp³-hybridized carbons (Fsp3) is 0.467. The van der Waals surface area contributed by atoms with Crippen molar-refractivity contribution in [3.05, 3.63) is 23.8 Å². The lowest BCUT2D eigenvalue weighted by molar-refractivity contribution is -0.117. The molecule has 0 heterocycles. The molecule has 1 atom stereocenters. The van der Waals surface area contributed by atoms with Gasteiger partial charge in [-0.2, -0.15) is 0 Å². The first-order valence-corrected chi connectivity index (χ1v) is 6.74. The van der Waals surface area contributed by atoms with Gasteiger partial charge in [0.1, 0.15) is 0 Å². The number of rotatable bonds is 5. The Kier molecular flexibility index (Phi) is 5.70. The Morgan fingerprint density at radius 1 is 1.25 bits per heavy atom. The van der Waals surface area contributed by atoms with Gasteiger partial charge in [0.05, 0.1) is 6.04 Å². The maximum Gasteiger partial charge on any atom is 0.241 e. The Labute approximate surface area is 119 Å². The number of aryl methyl sites for hydroxylation is 1. The molecule has 0 saturated heterocycles. The molecule has 0 radical (unpaired) electrons. The first kappa shape index (κ1) is 16.2. The lowest BCUT2D eigenvalue weighted by Gasteiger charge is -2.15. The van der Waals surface area contributed by atoms with Crippen molar-refractivity contribution in [1.29, 1.82) is 0 Å². The van der Waals surface area contributed by atoms with Gasteiger partial charge in [-0.15, -0.1) is 0 Å². The largest absolute Gasteiger partial charge is 0.326 e. The van der Waals surface area contributed by atoms with Gasteiger partial charge in [-0.05, 0) is 37.0 Å². The van der Waals surface area contributed by atoms with Crippen LogP contribution in [0.25, 0.3) is 0 Å². The number of nitrogens with two attached hydrogens (primary N) is 1. The number of hydrogen-bond acceptors (Lipinski definition) is 3. The maximum atomic E-state index is 11.9. The van der Waals surface area contributed by atoms with E-state index in [0.717, 1.165) is 5.56 Å². The average molecular weight is 277 g/mol. The molecule has 5 nitrogen and oxygen atoms in total. The van der Waals surface area contributed by atoms with Gasteiger partial charge in [-0.1, -0.05) is 19.9 Å². The molecule has 1 rings (SSSR count). The molecular formula is C15H23N3O2. The molecule has 0 unspecified atom stereocenters. The van der Waals surface area contributed by atoms with E-state index in [-0.39, 0.29) is 11.8 Å². The van der Waals surface area contributed by atoms with E-state index < -0.39 is 6.04 Å². The normalized spacial score (nSPS) is 12.1. The van der Waals surface area contributed by atoms with Gasteiger partial charge in [0.25, 0.3) is 0 Å². The predicted molar refractivity (Wildman–Crippen MR) is 81.5 cm³/mol. The molecule has 0 aliphatic carbocycles. The van der Waals surface area contributed by atoms with Gasteiger partial charge < -0.3 is 16.4 Å². The van der Waals surface area contributed by atoms with Gasteiger partial charge >= 0.3 is 0 Å². The van der Waals surface area contributed by atoms with E-state index in [1.54, 1.807) is 12.1 Å². The van der Waals surface area contributed by atoms with Crippen molar-refractivity contribution in [3.8, 4) is 0 Å². The molecule has 0 spiro atoms. The zero-order valence-corrected chi connectivity index (χ0v) is 12.5. The van der Waals surface area contributed by atoms with Crippen LogP contribution in [0.1, 0.15) is 32.8 Å². The number of carbonyl (C=O) groups excluding carboxylic acids is 2. The average Bonchev–Trinajstić information content (AvgIpc) is 2.31. The Morgan fingerprint density at radius 2 is 1.90 bits per heavy atom. The van der Waals surface area contributed by atoms with Crippen LogP contribution in [-0.4, -0.2) is 17.9 Å². The molecule has 0 bridgehead atoms. The van der Waals surface area contributed by atoms with Crippen molar-refractivity contribution in [1.82, 2.24) is 0 Å². The summed E-state index contributed by atoms with van der Waals surface area (Å²) >= 11 is 0. The van der Waals surface area contributed by atoms with Gasteiger partial charge in [0.2, 0.25) is 11.8 Å². The van der Waals surface area contributed by atoms with Gasteiger partial charge in [-0.3, -0.25) is 9.59 Å². The second-order valence-corrected chi connectivity index (χ2v) is 5.44. The van der Waals surface area contributed by atoms with E-state index in [0.29, 0.717) is 23.7 Å².